The van der Waals surface area contributed by atoms with E-state index in [9.17, 15) is 5.11 Å². The second kappa shape index (κ2) is 7.25. The summed E-state index contributed by atoms with van der Waals surface area (Å²) in [5, 5.41) is 9.48. The van der Waals surface area contributed by atoms with E-state index >= 15 is 0 Å². The number of aliphatic hydroxyl groups excluding tert-OH is 1. The quantitative estimate of drug-likeness (QED) is 0.696. The van der Waals surface area contributed by atoms with E-state index in [1.54, 1.807) is 0 Å². The zero-order chi connectivity index (χ0) is 12.0. The minimum atomic E-state index is 0.135. The van der Waals surface area contributed by atoms with Crippen LogP contribution in [0.3, 0.4) is 0 Å². The zero-order valence-electron chi connectivity index (χ0n) is 10.9. The monoisotopic (exact) mass is 228 g/mol. The second-order valence-corrected chi connectivity index (χ2v) is 5.14. The van der Waals surface area contributed by atoms with E-state index in [1.807, 2.05) is 0 Å². The summed E-state index contributed by atoms with van der Waals surface area (Å²) in [6.07, 6.45) is 5.98. The fourth-order valence-electron chi connectivity index (χ4n) is 2.86. The molecule has 0 aromatic carbocycles. The number of hydrogen-bond acceptors (Lipinski definition) is 3. The highest BCUT2D eigenvalue weighted by Gasteiger charge is 2.30. The Morgan fingerprint density at radius 3 is 2.69 bits per heavy atom. The zero-order valence-corrected chi connectivity index (χ0v) is 10.9. The van der Waals surface area contributed by atoms with E-state index in [0.29, 0.717) is 0 Å². The van der Waals surface area contributed by atoms with Crippen LogP contribution in [0.15, 0.2) is 0 Å². The molecular weight excluding hydrogens is 200 g/mol. The summed E-state index contributed by atoms with van der Waals surface area (Å²) in [5.41, 5.74) is 6.14. The van der Waals surface area contributed by atoms with Gasteiger partial charge in [-0.3, -0.25) is 4.90 Å². The number of rotatable bonds is 7. The van der Waals surface area contributed by atoms with Crippen molar-refractivity contribution < 1.29 is 5.11 Å². The van der Waals surface area contributed by atoms with Crippen LogP contribution in [0.25, 0.3) is 0 Å². The van der Waals surface area contributed by atoms with Crippen LogP contribution in [0.1, 0.15) is 46.0 Å². The lowest BCUT2D eigenvalue weighted by molar-refractivity contribution is 0.118. The molecule has 0 spiro atoms. The Labute approximate surface area is 100 Å². The highest BCUT2D eigenvalue weighted by molar-refractivity contribution is 4.86. The predicted octanol–water partition coefficient (Wildman–Crippen LogP) is 1.60. The number of likely N-dealkylation sites (tertiary alicyclic amines) is 1. The Morgan fingerprint density at radius 2 is 2.12 bits per heavy atom. The summed E-state index contributed by atoms with van der Waals surface area (Å²) >= 11 is 0. The first-order valence-electron chi connectivity index (χ1n) is 6.83. The minimum Gasteiger partial charge on any atom is -0.395 e. The Hall–Kier alpha value is -0.120. The van der Waals surface area contributed by atoms with Gasteiger partial charge in [-0.15, -0.1) is 0 Å². The van der Waals surface area contributed by atoms with E-state index in [4.69, 9.17) is 5.73 Å². The Balaban J connectivity index is 2.42. The fourth-order valence-corrected chi connectivity index (χ4v) is 2.86. The van der Waals surface area contributed by atoms with Crippen molar-refractivity contribution in [1.82, 2.24) is 4.90 Å². The molecule has 0 radical (unpaired) electrons. The first-order chi connectivity index (χ1) is 7.72. The highest BCUT2D eigenvalue weighted by Crippen LogP contribution is 2.23. The summed E-state index contributed by atoms with van der Waals surface area (Å²) < 4.78 is 0. The van der Waals surface area contributed by atoms with Crippen molar-refractivity contribution in [3.8, 4) is 0 Å². The lowest BCUT2D eigenvalue weighted by Crippen LogP contribution is -2.49. The summed E-state index contributed by atoms with van der Waals surface area (Å²) in [6.45, 7) is 6.86. The van der Waals surface area contributed by atoms with Gasteiger partial charge in [0.15, 0.2) is 0 Å². The average molecular weight is 228 g/mol. The summed E-state index contributed by atoms with van der Waals surface area (Å²) in [5.74, 6) is 0.827. The van der Waals surface area contributed by atoms with Gasteiger partial charge in [0.1, 0.15) is 0 Å². The van der Waals surface area contributed by atoms with Gasteiger partial charge >= 0.3 is 0 Å². The standard InChI is InChI=1S/C13H28N2O/c1-3-5-11-7-8-15(9-11)13(10-16)12(14)6-4-2/h11-13,16H,3-10,14H2,1-2H3. The topological polar surface area (TPSA) is 49.5 Å². The molecule has 3 heteroatoms. The molecule has 1 rings (SSSR count). The lowest BCUT2D eigenvalue weighted by Gasteiger charge is -2.31. The second-order valence-electron chi connectivity index (χ2n) is 5.14. The molecule has 96 valence electrons. The van der Waals surface area contributed by atoms with Crippen molar-refractivity contribution in [2.45, 2.75) is 58.0 Å². The molecule has 0 aromatic rings. The van der Waals surface area contributed by atoms with Crippen LogP contribution in [0.2, 0.25) is 0 Å². The third kappa shape index (κ3) is 3.72. The van der Waals surface area contributed by atoms with Gasteiger partial charge in [-0.1, -0.05) is 26.7 Å². The maximum atomic E-state index is 9.48. The Bertz CT molecular complexity index is 187. The van der Waals surface area contributed by atoms with Crippen LogP contribution in [0, 0.1) is 5.92 Å². The number of hydrogen-bond donors (Lipinski definition) is 2. The summed E-state index contributed by atoms with van der Waals surface area (Å²) in [7, 11) is 0. The largest absolute Gasteiger partial charge is 0.395 e. The van der Waals surface area contributed by atoms with E-state index < -0.39 is 0 Å². The van der Waals surface area contributed by atoms with Crippen molar-refractivity contribution >= 4 is 0 Å². The highest BCUT2D eigenvalue weighted by atomic mass is 16.3. The third-order valence-corrected chi connectivity index (χ3v) is 3.79. The van der Waals surface area contributed by atoms with Gasteiger partial charge in [0.2, 0.25) is 0 Å². The Kier molecular flexibility index (Phi) is 6.32. The van der Waals surface area contributed by atoms with Crippen molar-refractivity contribution in [3.63, 3.8) is 0 Å². The lowest BCUT2D eigenvalue weighted by atomic mass is 10.0. The van der Waals surface area contributed by atoms with Gasteiger partial charge in [0.25, 0.3) is 0 Å². The van der Waals surface area contributed by atoms with Gasteiger partial charge < -0.3 is 10.8 Å². The van der Waals surface area contributed by atoms with Crippen LogP contribution in [0.5, 0.6) is 0 Å². The van der Waals surface area contributed by atoms with Crippen LogP contribution in [-0.4, -0.2) is 41.8 Å². The molecule has 3 unspecified atom stereocenters. The number of aliphatic hydroxyl groups is 1. The van der Waals surface area contributed by atoms with Gasteiger partial charge in [-0.05, 0) is 31.7 Å². The summed E-state index contributed by atoms with van der Waals surface area (Å²) in [6, 6.07) is 0.317. The molecule has 0 bridgehead atoms. The molecule has 3 atom stereocenters. The molecule has 1 aliphatic heterocycles. The van der Waals surface area contributed by atoms with E-state index in [2.05, 4.69) is 18.7 Å². The molecule has 16 heavy (non-hydrogen) atoms. The fraction of sp³-hybridized carbons (Fsp3) is 1.00. The molecule has 0 saturated carbocycles. The van der Waals surface area contributed by atoms with Crippen LogP contribution < -0.4 is 5.73 Å². The van der Waals surface area contributed by atoms with Crippen LogP contribution in [0.4, 0.5) is 0 Å². The molecule has 1 fully saturated rings. The molecule has 0 amide bonds. The van der Waals surface area contributed by atoms with Crippen LogP contribution >= 0.6 is 0 Å². The molecule has 1 saturated heterocycles. The first kappa shape index (κ1) is 13.9. The maximum absolute atomic E-state index is 9.48. The van der Waals surface area contributed by atoms with Gasteiger partial charge in [-0.2, -0.15) is 0 Å². The van der Waals surface area contributed by atoms with Crippen molar-refractivity contribution in [3.05, 3.63) is 0 Å². The van der Waals surface area contributed by atoms with E-state index in [-0.39, 0.29) is 18.7 Å². The Morgan fingerprint density at radius 1 is 1.38 bits per heavy atom. The SMILES string of the molecule is CCCC1CCN(C(CO)C(N)CCC)C1. The number of nitrogens with zero attached hydrogens (tertiary/aromatic N) is 1. The molecule has 0 aromatic heterocycles. The summed E-state index contributed by atoms with van der Waals surface area (Å²) in [4.78, 5) is 2.40. The van der Waals surface area contributed by atoms with Crippen molar-refractivity contribution in [1.29, 1.82) is 0 Å². The van der Waals surface area contributed by atoms with Gasteiger partial charge in [-0.25, -0.2) is 0 Å². The van der Waals surface area contributed by atoms with Crippen LogP contribution in [-0.2, 0) is 0 Å². The molecule has 0 aliphatic carbocycles. The van der Waals surface area contributed by atoms with Crippen molar-refractivity contribution in [2.24, 2.45) is 11.7 Å². The minimum absolute atomic E-state index is 0.135. The molecule has 3 N–H and O–H groups in total. The van der Waals surface area contributed by atoms with E-state index in [1.165, 1.54) is 19.3 Å². The maximum Gasteiger partial charge on any atom is 0.0601 e. The first-order valence-corrected chi connectivity index (χ1v) is 6.83. The van der Waals surface area contributed by atoms with Gasteiger partial charge in [0, 0.05) is 18.6 Å². The molecule has 1 aliphatic rings. The molecule has 3 nitrogen and oxygen atoms in total. The van der Waals surface area contributed by atoms with Crippen molar-refractivity contribution in [2.75, 3.05) is 19.7 Å². The predicted molar refractivity (Wildman–Crippen MR) is 68.3 cm³/mol. The average Bonchev–Trinajstić information content (AvgIpc) is 2.68. The normalized spacial score (nSPS) is 25.9. The molecular formula is C13H28N2O. The number of nitrogens with two attached hydrogens (primary N) is 1. The molecule has 1 heterocycles. The third-order valence-electron chi connectivity index (χ3n) is 3.79. The van der Waals surface area contributed by atoms with E-state index in [0.717, 1.165) is 31.8 Å². The smallest absolute Gasteiger partial charge is 0.0601 e. The van der Waals surface area contributed by atoms with Gasteiger partial charge in [0.05, 0.1) is 6.61 Å².